The van der Waals surface area contributed by atoms with Crippen LogP contribution in [0.2, 0.25) is 0 Å². The molecule has 0 bridgehead atoms. The van der Waals surface area contributed by atoms with E-state index in [0.717, 1.165) is 43.3 Å². The molecule has 1 fully saturated rings. The molecule has 2 N–H and O–H groups in total. The van der Waals surface area contributed by atoms with E-state index in [9.17, 15) is 0 Å². The Morgan fingerprint density at radius 2 is 2.10 bits per heavy atom. The first kappa shape index (κ1) is 15.4. The molecule has 0 saturated carbocycles. The van der Waals surface area contributed by atoms with Crippen LogP contribution in [-0.2, 0) is 6.42 Å². The monoisotopic (exact) mass is 277 g/mol. The molecule has 1 aliphatic rings. The molecule has 0 amide bonds. The number of aryl methyl sites for hydroxylation is 1. The molecule has 1 aromatic heterocycles. The second kappa shape index (κ2) is 6.61. The Bertz CT molecular complexity index is 446. The van der Waals surface area contributed by atoms with Crippen molar-refractivity contribution in [1.82, 2.24) is 19.8 Å². The van der Waals surface area contributed by atoms with E-state index < -0.39 is 0 Å². The quantitative estimate of drug-likeness (QED) is 0.892. The molecule has 20 heavy (non-hydrogen) atoms. The first-order valence-electron chi connectivity index (χ1n) is 7.44. The van der Waals surface area contributed by atoms with E-state index in [-0.39, 0.29) is 12.1 Å². The largest absolute Gasteiger partial charge is 0.328 e. The highest BCUT2D eigenvalue weighted by atomic mass is 15.2. The van der Waals surface area contributed by atoms with Crippen LogP contribution in [0.4, 0.5) is 0 Å². The smallest absolute Gasteiger partial charge is 0.147 e. The Labute approximate surface area is 122 Å². The number of hydrogen-bond acceptors (Lipinski definition) is 5. The van der Waals surface area contributed by atoms with Crippen molar-refractivity contribution < 1.29 is 0 Å². The third-order valence-corrected chi connectivity index (χ3v) is 3.82. The summed E-state index contributed by atoms with van der Waals surface area (Å²) in [5.41, 5.74) is 7.99. The average Bonchev–Trinajstić information content (AvgIpc) is 2.49. The van der Waals surface area contributed by atoms with Crippen LogP contribution >= 0.6 is 0 Å². The Balaban J connectivity index is 2.27. The van der Waals surface area contributed by atoms with Crippen molar-refractivity contribution in [3.8, 4) is 0 Å². The van der Waals surface area contributed by atoms with Crippen molar-refractivity contribution in [3.05, 3.63) is 23.3 Å². The van der Waals surface area contributed by atoms with E-state index in [1.165, 1.54) is 6.42 Å². The van der Waals surface area contributed by atoms with Crippen LogP contribution in [0, 0.1) is 6.92 Å². The van der Waals surface area contributed by atoms with E-state index in [0.29, 0.717) is 0 Å². The number of aromatic nitrogens is 2. The van der Waals surface area contributed by atoms with Crippen LogP contribution in [0.5, 0.6) is 0 Å². The Kier molecular flexibility index (Phi) is 5.07. The Morgan fingerprint density at radius 3 is 2.80 bits per heavy atom. The van der Waals surface area contributed by atoms with Crippen molar-refractivity contribution >= 4 is 0 Å². The molecular weight excluding hydrogens is 250 g/mol. The minimum Gasteiger partial charge on any atom is -0.328 e. The van der Waals surface area contributed by atoms with Crippen LogP contribution in [0.3, 0.4) is 0 Å². The number of nitrogens with two attached hydrogens (primary N) is 1. The van der Waals surface area contributed by atoms with E-state index in [4.69, 9.17) is 10.7 Å². The molecule has 112 valence electrons. The average molecular weight is 277 g/mol. The molecule has 0 spiro atoms. The second-order valence-electron chi connectivity index (χ2n) is 6.15. The van der Waals surface area contributed by atoms with Gasteiger partial charge in [0.1, 0.15) is 5.82 Å². The SMILES string of the molecule is Cc1cc(CC(C)N)nc(C2CN(C)CCCN2C)n1. The number of nitrogens with zero attached hydrogens (tertiary/aromatic N) is 4. The molecule has 2 unspecified atom stereocenters. The van der Waals surface area contributed by atoms with Crippen LogP contribution in [-0.4, -0.2) is 59.5 Å². The van der Waals surface area contributed by atoms with Gasteiger partial charge in [0.15, 0.2) is 0 Å². The Hall–Kier alpha value is -1.04. The first-order valence-corrected chi connectivity index (χ1v) is 7.44. The first-order chi connectivity index (χ1) is 9.45. The molecule has 0 radical (unpaired) electrons. The van der Waals surface area contributed by atoms with Crippen LogP contribution in [0.25, 0.3) is 0 Å². The summed E-state index contributed by atoms with van der Waals surface area (Å²) in [7, 11) is 4.34. The molecular formula is C15H27N5. The normalized spacial score (nSPS) is 23.6. The molecule has 2 atom stereocenters. The summed E-state index contributed by atoms with van der Waals surface area (Å²) in [6.07, 6.45) is 2.00. The van der Waals surface area contributed by atoms with Gasteiger partial charge in [0.2, 0.25) is 0 Å². The number of hydrogen-bond donors (Lipinski definition) is 1. The third-order valence-electron chi connectivity index (χ3n) is 3.82. The lowest BCUT2D eigenvalue weighted by molar-refractivity contribution is 0.219. The van der Waals surface area contributed by atoms with Gasteiger partial charge in [-0.2, -0.15) is 0 Å². The predicted octanol–water partition coefficient (Wildman–Crippen LogP) is 0.983. The summed E-state index contributed by atoms with van der Waals surface area (Å²) in [6, 6.07) is 2.45. The fourth-order valence-electron chi connectivity index (χ4n) is 2.79. The zero-order chi connectivity index (χ0) is 14.7. The van der Waals surface area contributed by atoms with Crippen LogP contribution in [0.15, 0.2) is 6.07 Å². The fourth-order valence-corrected chi connectivity index (χ4v) is 2.79. The summed E-state index contributed by atoms with van der Waals surface area (Å²) in [6.45, 7) is 7.27. The lowest BCUT2D eigenvalue weighted by atomic mass is 10.1. The molecule has 0 aliphatic carbocycles. The highest BCUT2D eigenvalue weighted by molar-refractivity contribution is 5.13. The van der Waals surface area contributed by atoms with Gasteiger partial charge in [-0.05, 0) is 53.5 Å². The predicted molar refractivity (Wildman–Crippen MR) is 81.6 cm³/mol. The van der Waals surface area contributed by atoms with Crippen LogP contribution in [0.1, 0.15) is 36.6 Å². The van der Waals surface area contributed by atoms with E-state index in [1.54, 1.807) is 0 Å². The number of likely N-dealkylation sites (N-methyl/N-ethyl adjacent to an activating group) is 2. The minimum absolute atomic E-state index is 0.131. The molecule has 5 heteroatoms. The third kappa shape index (κ3) is 3.98. The molecule has 1 aliphatic heterocycles. The summed E-state index contributed by atoms with van der Waals surface area (Å²) >= 11 is 0. The maximum Gasteiger partial charge on any atom is 0.147 e. The summed E-state index contributed by atoms with van der Waals surface area (Å²) in [5, 5.41) is 0. The minimum atomic E-state index is 0.131. The molecule has 2 rings (SSSR count). The zero-order valence-corrected chi connectivity index (χ0v) is 13.1. The second-order valence-corrected chi connectivity index (χ2v) is 6.15. The maximum atomic E-state index is 5.90. The standard InChI is InChI=1S/C15H27N5/c1-11(16)8-13-9-12(2)17-15(18-13)14-10-19(3)6-5-7-20(14)4/h9,11,14H,5-8,10,16H2,1-4H3. The zero-order valence-electron chi connectivity index (χ0n) is 13.1. The highest BCUT2D eigenvalue weighted by Gasteiger charge is 2.24. The van der Waals surface area contributed by atoms with Crippen molar-refractivity contribution in [2.75, 3.05) is 33.7 Å². The fraction of sp³-hybridized carbons (Fsp3) is 0.733. The molecule has 5 nitrogen and oxygen atoms in total. The van der Waals surface area contributed by atoms with Crippen molar-refractivity contribution in [1.29, 1.82) is 0 Å². The maximum absolute atomic E-state index is 5.90. The van der Waals surface area contributed by atoms with Crippen molar-refractivity contribution in [3.63, 3.8) is 0 Å². The Morgan fingerprint density at radius 1 is 1.35 bits per heavy atom. The van der Waals surface area contributed by atoms with E-state index >= 15 is 0 Å². The molecule has 1 saturated heterocycles. The van der Waals surface area contributed by atoms with Gasteiger partial charge in [-0.1, -0.05) is 0 Å². The van der Waals surface area contributed by atoms with Gasteiger partial charge in [-0.3, -0.25) is 4.90 Å². The van der Waals surface area contributed by atoms with Gasteiger partial charge in [-0.15, -0.1) is 0 Å². The van der Waals surface area contributed by atoms with Crippen molar-refractivity contribution in [2.24, 2.45) is 5.73 Å². The molecule has 1 aromatic rings. The highest BCUT2D eigenvalue weighted by Crippen LogP contribution is 2.21. The van der Waals surface area contributed by atoms with Crippen molar-refractivity contribution in [2.45, 2.75) is 38.8 Å². The van der Waals surface area contributed by atoms with Gasteiger partial charge >= 0.3 is 0 Å². The summed E-state index contributed by atoms with van der Waals surface area (Å²) in [4.78, 5) is 14.2. The van der Waals surface area contributed by atoms with Gasteiger partial charge in [0.05, 0.1) is 6.04 Å². The molecule has 2 heterocycles. The molecule has 0 aromatic carbocycles. The number of rotatable bonds is 3. The topological polar surface area (TPSA) is 58.3 Å². The van der Waals surface area contributed by atoms with Gasteiger partial charge in [0.25, 0.3) is 0 Å². The summed E-state index contributed by atoms with van der Waals surface area (Å²) in [5.74, 6) is 0.942. The van der Waals surface area contributed by atoms with Crippen LogP contribution < -0.4 is 5.73 Å². The van der Waals surface area contributed by atoms with Gasteiger partial charge < -0.3 is 10.6 Å². The van der Waals surface area contributed by atoms with E-state index in [1.807, 2.05) is 19.9 Å². The van der Waals surface area contributed by atoms with Gasteiger partial charge in [-0.25, -0.2) is 9.97 Å². The van der Waals surface area contributed by atoms with E-state index in [2.05, 4.69) is 28.9 Å². The lowest BCUT2D eigenvalue weighted by Gasteiger charge is -2.26. The van der Waals surface area contributed by atoms with Gasteiger partial charge in [0, 0.05) is 30.4 Å². The lowest BCUT2D eigenvalue weighted by Crippen LogP contribution is -2.32. The summed E-state index contributed by atoms with van der Waals surface area (Å²) < 4.78 is 0.